The van der Waals surface area contributed by atoms with Gasteiger partial charge in [0.05, 0.1) is 23.0 Å². The van der Waals surface area contributed by atoms with Gasteiger partial charge in [0.15, 0.2) is 10.9 Å². The molecule has 8 heteroatoms. The summed E-state index contributed by atoms with van der Waals surface area (Å²) in [6.45, 7) is 4.09. The van der Waals surface area contributed by atoms with Crippen LogP contribution in [0, 0.1) is 6.92 Å². The number of hydrogen-bond acceptors (Lipinski definition) is 5. The summed E-state index contributed by atoms with van der Waals surface area (Å²) in [6, 6.07) is 19.7. The maximum Gasteiger partial charge on any atom is 0.289 e. The predicted octanol–water partition coefficient (Wildman–Crippen LogP) is 4.00. The molecule has 3 heterocycles. The van der Waals surface area contributed by atoms with Crippen molar-refractivity contribution in [3.8, 4) is 5.69 Å². The summed E-state index contributed by atoms with van der Waals surface area (Å²) in [4.78, 5) is 33.7. The van der Waals surface area contributed by atoms with E-state index in [1.54, 1.807) is 17.0 Å². The highest BCUT2D eigenvalue weighted by atomic mass is 32.2. The van der Waals surface area contributed by atoms with Gasteiger partial charge >= 0.3 is 0 Å². The Kier molecular flexibility index (Phi) is 5.92. The van der Waals surface area contributed by atoms with E-state index in [9.17, 15) is 9.59 Å². The normalized spacial score (nSPS) is 14.1. The lowest BCUT2D eigenvalue weighted by atomic mass is 10.2. The van der Waals surface area contributed by atoms with E-state index in [1.807, 2.05) is 29.2 Å². The average molecular weight is 461 g/mol. The molecule has 0 spiro atoms. The van der Waals surface area contributed by atoms with Crippen molar-refractivity contribution in [1.29, 1.82) is 0 Å². The van der Waals surface area contributed by atoms with Gasteiger partial charge in [-0.15, -0.1) is 0 Å². The Labute approximate surface area is 196 Å². The Morgan fingerprint density at radius 3 is 2.39 bits per heavy atom. The molecule has 33 heavy (non-hydrogen) atoms. The highest BCUT2D eigenvalue weighted by Crippen LogP contribution is 2.28. The Balaban J connectivity index is 1.27. The first-order chi connectivity index (χ1) is 16.1. The third kappa shape index (κ3) is 4.39. The Bertz CT molecular complexity index is 1270. The molecule has 1 fully saturated rings. The van der Waals surface area contributed by atoms with Gasteiger partial charge in [0.1, 0.15) is 0 Å². The zero-order valence-electron chi connectivity index (χ0n) is 18.3. The summed E-state index contributed by atoms with van der Waals surface area (Å²) in [5, 5.41) is 0.792. The van der Waals surface area contributed by atoms with Crippen LogP contribution in [-0.2, 0) is 4.79 Å². The molecule has 0 atom stereocenters. The lowest BCUT2D eigenvalue weighted by Gasteiger charge is -2.34. The number of fused-ring (bicyclic) bond motifs is 1. The van der Waals surface area contributed by atoms with Crippen LogP contribution in [0.15, 0.2) is 76.5 Å². The number of benzene rings is 2. The van der Waals surface area contributed by atoms with Gasteiger partial charge in [0, 0.05) is 31.9 Å². The van der Waals surface area contributed by atoms with Gasteiger partial charge in [-0.25, -0.2) is 4.98 Å². The number of rotatable bonds is 5. The molecule has 168 valence electrons. The van der Waals surface area contributed by atoms with E-state index < -0.39 is 0 Å². The topological polar surface area (TPSA) is 71.6 Å². The van der Waals surface area contributed by atoms with Gasteiger partial charge in [0.2, 0.25) is 5.91 Å². The first-order valence-corrected chi connectivity index (χ1v) is 11.9. The minimum absolute atomic E-state index is 0.0487. The summed E-state index contributed by atoms with van der Waals surface area (Å²) >= 11 is 1.44. The number of carbonyl (C=O) groups is 2. The minimum atomic E-state index is -0.131. The van der Waals surface area contributed by atoms with Crippen LogP contribution in [0.25, 0.3) is 16.7 Å². The molecule has 0 aliphatic carbocycles. The second-order valence-electron chi connectivity index (χ2n) is 7.99. The molecule has 1 aliphatic rings. The number of para-hydroxylation sites is 2. The van der Waals surface area contributed by atoms with Gasteiger partial charge < -0.3 is 14.2 Å². The van der Waals surface area contributed by atoms with E-state index in [0.29, 0.717) is 37.7 Å². The largest absolute Gasteiger partial charge is 0.459 e. The second-order valence-corrected chi connectivity index (χ2v) is 8.94. The molecule has 7 nitrogen and oxygen atoms in total. The molecule has 1 saturated heterocycles. The molecule has 1 aliphatic heterocycles. The summed E-state index contributed by atoms with van der Waals surface area (Å²) in [7, 11) is 0. The van der Waals surface area contributed by atoms with Gasteiger partial charge in [0.25, 0.3) is 5.91 Å². The third-order valence-electron chi connectivity index (χ3n) is 5.80. The fraction of sp³-hybridized carbons (Fsp3) is 0.240. The molecule has 0 radical (unpaired) electrons. The Morgan fingerprint density at radius 1 is 0.939 bits per heavy atom. The van der Waals surface area contributed by atoms with Crippen molar-refractivity contribution >= 4 is 34.6 Å². The fourth-order valence-electron chi connectivity index (χ4n) is 3.98. The second kappa shape index (κ2) is 9.15. The molecule has 2 amide bonds. The molecule has 5 rings (SSSR count). The maximum absolute atomic E-state index is 12.9. The lowest BCUT2D eigenvalue weighted by Crippen LogP contribution is -2.51. The lowest BCUT2D eigenvalue weighted by molar-refractivity contribution is -0.129. The number of imidazole rings is 1. The van der Waals surface area contributed by atoms with E-state index in [-0.39, 0.29) is 11.8 Å². The van der Waals surface area contributed by atoms with Gasteiger partial charge in [-0.1, -0.05) is 41.6 Å². The van der Waals surface area contributed by atoms with Crippen LogP contribution >= 0.6 is 11.8 Å². The zero-order valence-corrected chi connectivity index (χ0v) is 19.1. The van der Waals surface area contributed by atoms with Crippen molar-refractivity contribution in [2.45, 2.75) is 12.1 Å². The van der Waals surface area contributed by atoms with Crippen LogP contribution in [0.5, 0.6) is 0 Å². The quantitative estimate of drug-likeness (QED) is 0.421. The minimum Gasteiger partial charge on any atom is -0.459 e. The fourth-order valence-corrected chi connectivity index (χ4v) is 4.91. The molecule has 0 unspecified atom stereocenters. The number of carbonyl (C=O) groups excluding carboxylic acids is 2. The van der Waals surface area contributed by atoms with Gasteiger partial charge in [-0.3, -0.25) is 14.2 Å². The standard InChI is InChI=1S/C25H24N4O3S/c1-18-8-10-19(11-9-18)29-21-6-3-2-5-20(21)26-25(29)33-17-23(30)27-12-14-28(15-13-27)24(31)22-7-4-16-32-22/h2-11,16H,12-15,17H2,1H3. The highest BCUT2D eigenvalue weighted by Gasteiger charge is 2.26. The maximum atomic E-state index is 12.9. The van der Waals surface area contributed by atoms with E-state index in [2.05, 4.69) is 35.8 Å². The molecular weight excluding hydrogens is 436 g/mol. The number of thioether (sulfide) groups is 1. The molecule has 4 aromatic rings. The van der Waals surface area contributed by atoms with Crippen LogP contribution in [0.4, 0.5) is 0 Å². The van der Waals surface area contributed by atoms with E-state index in [0.717, 1.165) is 21.9 Å². The smallest absolute Gasteiger partial charge is 0.289 e. The number of furan rings is 1. The summed E-state index contributed by atoms with van der Waals surface area (Å²) in [5.41, 5.74) is 4.13. The van der Waals surface area contributed by atoms with Crippen molar-refractivity contribution in [3.05, 3.63) is 78.3 Å². The molecule has 0 N–H and O–H groups in total. The number of piperazine rings is 1. The van der Waals surface area contributed by atoms with Crippen molar-refractivity contribution in [3.63, 3.8) is 0 Å². The molecule has 0 bridgehead atoms. The zero-order chi connectivity index (χ0) is 22.8. The first-order valence-electron chi connectivity index (χ1n) is 10.9. The molecule has 2 aromatic carbocycles. The summed E-state index contributed by atoms with van der Waals surface area (Å²) in [6.07, 6.45) is 1.49. The van der Waals surface area contributed by atoms with Crippen LogP contribution < -0.4 is 0 Å². The van der Waals surface area contributed by atoms with Crippen LogP contribution in [0.1, 0.15) is 16.1 Å². The van der Waals surface area contributed by atoms with Crippen molar-refractivity contribution in [2.75, 3.05) is 31.9 Å². The SMILES string of the molecule is Cc1ccc(-n2c(SCC(=O)N3CCN(C(=O)c4ccco4)CC3)nc3ccccc32)cc1. The predicted molar refractivity (Wildman–Crippen MR) is 128 cm³/mol. The Hall–Kier alpha value is -3.52. The monoisotopic (exact) mass is 460 g/mol. The van der Waals surface area contributed by atoms with Crippen LogP contribution in [0.3, 0.4) is 0 Å². The van der Waals surface area contributed by atoms with Gasteiger partial charge in [-0.2, -0.15) is 0 Å². The van der Waals surface area contributed by atoms with E-state index in [4.69, 9.17) is 9.40 Å². The third-order valence-corrected chi connectivity index (χ3v) is 6.72. The highest BCUT2D eigenvalue weighted by molar-refractivity contribution is 7.99. The number of aryl methyl sites for hydroxylation is 1. The molecular formula is C25H24N4O3S. The van der Waals surface area contributed by atoms with Crippen molar-refractivity contribution in [1.82, 2.24) is 19.4 Å². The van der Waals surface area contributed by atoms with E-state index >= 15 is 0 Å². The average Bonchev–Trinajstić information content (AvgIpc) is 3.51. The number of amides is 2. The van der Waals surface area contributed by atoms with Crippen LogP contribution in [-0.4, -0.2) is 63.1 Å². The van der Waals surface area contributed by atoms with Crippen molar-refractivity contribution in [2.24, 2.45) is 0 Å². The number of hydrogen-bond donors (Lipinski definition) is 0. The van der Waals surface area contributed by atoms with E-state index in [1.165, 1.54) is 23.6 Å². The molecule has 0 saturated carbocycles. The Morgan fingerprint density at radius 2 is 1.67 bits per heavy atom. The molecule has 2 aromatic heterocycles. The number of nitrogens with zero attached hydrogens (tertiary/aromatic N) is 4. The van der Waals surface area contributed by atoms with Gasteiger partial charge in [-0.05, 0) is 43.3 Å². The number of aromatic nitrogens is 2. The summed E-state index contributed by atoms with van der Waals surface area (Å²) < 4.78 is 7.31. The van der Waals surface area contributed by atoms with Crippen molar-refractivity contribution < 1.29 is 14.0 Å². The van der Waals surface area contributed by atoms with Crippen LogP contribution in [0.2, 0.25) is 0 Å². The summed E-state index contributed by atoms with van der Waals surface area (Å²) in [5.74, 6) is 0.544. The first kappa shape index (κ1) is 21.3.